The normalized spacial score (nSPS) is 11.8. The van der Waals surface area contributed by atoms with Gasteiger partial charge < -0.3 is 10.1 Å². The van der Waals surface area contributed by atoms with Crippen molar-refractivity contribution in [3.63, 3.8) is 0 Å². The molecule has 0 saturated heterocycles. The van der Waals surface area contributed by atoms with E-state index in [-0.39, 0.29) is 16.3 Å². The summed E-state index contributed by atoms with van der Waals surface area (Å²) in [5.41, 5.74) is -1.65. The maximum absolute atomic E-state index is 13.6. The number of sulfone groups is 1. The van der Waals surface area contributed by atoms with Crippen LogP contribution in [0.15, 0.2) is 53.4 Å². The summed E-state index contributed by atoms with van der Waals surface area (Å²) in [7, 11) is -3.59. The number of aryl methyl sites for hydroxylation is 1. The molecule has 0 radical (unpaired) electrons. The van der Waals surface area contributed by atoms with E-state index in [1.165, 1.54) is 24.3 Å². The van der Waals surface area contributed by atoms with Crippen LogP contribution in [0.4, 0.5) is 23.2 Å². The lowest BCUT2D eigenvalue weighted by atomic mass is 10.2. The number of rotatable bonds is 5. The molecule has 7 nitrogen and oxygen atoms in total. The van der Waals surface area contributed by atoms with Crippen LogP contribution in [0.1, 0.15) is 21.6 Å². The molecule has 0 aliphatic rings. The third kappa shape index (κ3) is 5.38. The molecule has 3 rings (SSSR count). The van der Waals surface area contributed by atoms with Crippen molar-refractivity contribution in [3.05, 3.63) is 71.2 Å². The van der Waals surface area contributed by atoms with Crippen LogP contribution in [0.3, 0.4) is 0 Å². The molecule has 0 fully saturated rings. The smallest absolute Gasteiger partial charge is 0.435 e. The largest absolute Gasteiger partial charge is 0.437 e. The second-order valence-electron chi connectivity index (χ2n) is 6.71. The number of carbonyl (C=O) groups is 1. The number of carbonyl (C=O) groups excluding carboxylic acids is 1. The lowest BCUT2D eigenvalue weighted by Crippen LogP contribution is -2.18. The second-order valence-corrected chi connectivity index (χ2v) is 8.73. The van der Waals surface area contributed by atoms with Gasteiger partial charge in [-0.3, -0.25) is 4.79 Å². The molecule has 0 atom stereocenters. The summed E-state index contributed by atoms with van der Waals surface area (Å²) in [5.74, 6) is -2.41. The van der Waals surface area contributed by atoms with Gasteiger partial charge in [-0.1, -0.05) is 12.1 Å². The number of aromatic nitrogens is 2. The van der Waals surface area contributed by atoms with Crippen molar-refractivity contribution in [2.24, 2.45) is 0 Å². The number of halogens is 4. The number of nitrogens with zero attached hydrogens (tertiary/aromatic N) is 2. The molecule has 0 aliphatic heterocycles. The first-order valence-electron chi connectivity index (χ1n) is 8.85. The zero-order valence-electron chi connectivity index (χ0n) is 16.6. The van der Waals surface area contributed by atoms with E-state index in [4.69, 9.17) is 4.74 Å². The van der Waals surface area contributed by atoms with Crippen LogP contribution in [0.25, 0.3) is 0 Å². The first-order valence-corrected chi connectivity index (χ1v) is 10.7. The number of hydrogen-bond acceptors (Lipinski definition) is 6. The van der Waals surface area contributed by atoms with Gasteiger partial charge in [0.15, 0.2) is 15.5 Å². The average Bonchev–Trinajstić information content (AvgIpc) is 2.69. The molecule has 1 N–H and O–H groups in total. The van der Waals surface area contributed by atoms with Crippen LogP contribution in [0.5, 0.6) is 11.6 Å². The molecule has 1 heterocycles. The minimum Gasteiger partial charge on any atom is -0.437 e. The van der Waals surface area contributed by atoms with E-state index in [1.54, 1.807) is 6.92 Å². The van der Waals surface area contributed by atoms with E-state index in [0.29, 0.717) is 11.6 Å². The summed E-state index contributed by atoms with van der Waals surface area (Å²) in [6.07, 6.45) is -3.94. The fraction of sp³-hybridized carbons (Fsp3) is 0.150. The maximum Gasteiger partial charge on any atom is 0.435 e. The topological polar surface area (TPSA) is 98.2 Å². The van der Waals surface area contributed by atoms with Gasteiger partial charge in [0.05, 0.1) is 4.90 Å². The van der Waals surface area contributed by atoms with Crippen molar-refractivity contribution in [2.45, 2.75) is 18.0 Å². The fourth-order valence-electron chi connectivity index (χ4n) is 2.55. The lowest BCUT2D eigenvalue weighted by molar-refractivity contribution is -0.141. The molecule has 2 aromatic carbocycles. The molecule has 32 heavy (non-hydrogen) atoms. The number of nitrogens with one attached hydrogen (secondary N) is 1. The molecule has 0 spiro atoms. The Morgan fingerprint density at radius 2 is 1.78 bits per heavy atom. The van der Waals surface area contributed by atoms with Crippen molar-refractivity contribution in [3.8, 4) is 11.6 Å². The minimum atomic E-state index is -4.90. The van der Waals surface area contributed by atoms with Gasteiger partial charge in [-0.15, -0.1) is 10.2 Å². The predicted octanol–water partition coefficient (Wildman–Crippen LogP) is 4.39. The first kappa shape index (κ1) is 23.1. The molecule has 0 saturated carbocycles. The summed E-state index contributed by atoms with van der Waals surface area (Å²) >= 11 is 0. The van der Waals surface area contributed by atoms with Crippen LogP contribution in [0.2, 0.25) is 0 Å². The molecule has 1 amide bonds. The third-order valence-corrected chi connectivity index (χ3v) is 5.28. The SMILES string of the molecule is Cc1ccc(F)cc1Oc1nnc(C(F)(F)F)cc1C(=O)Nc1cccc(S(C)(=O)=O)c1. The van der Waals surface area contributed by atoms with Crippen molar-refractivity contribution in [2.75, 3.05) is 11.6 Å². The highest BCUT2D eigenvalue weighted by Gasteiger charge is 2.35. The first-order chi connectivity index (χ1) is 14.8. The van der Waals surface area contributed by atoms with Gasteiger partial charge >= 0.3 is 6.18 Å². The van der Waals surface area contributed by atoms with E-state index in [2.05, 4.69) is 15.5 Å². The van der Waals surface area contributed by atoms with Gasteiger partial charge in [-0.25, -0.2) is 12.8 Å². The van der Waals surface area contributed by atoms with Crippen LogP contribution >= 0.6 is 0 Å². The van der Waals surface area contributed by atoms with Crippen molar-refractivity contribution in [1.29, 1.82) is 0 Å². The van der Waals surface area contributed by atoms with Crippen molar-refractivity contribution >= 4 is 21.4 Å². The summed E-state index contributed by atoms with van der Waals surface area (Å²) in [6, 6.07) is 9.08. The molecule has 12 heteroatoms. The van der Waals surface area contributed by atoms with E-state index in [0.717, 1.165) is 24.5 Å². The van der Waals surface area contributed by atoms with Gasteiger partial charge in [-0.05, 0) is 42.8 Å². The van der Waals surface area contributed by atoms with E-state index >= 15 is 0 Å². The molecular weight excluding hydrogens is 454 g/mol. The Labute approximate surface area is 180 Å². The maximum atomic E-state index is 13.6. The molecule has 1 aromatic heterocycles. The Balaban J connectivity index is 2.02. The standard InChI is InChI=1S/C20H15F4N3O4S/c1-11-6-7-12(21)8-16(11)31-19-15(10-17(26-27-19)20(22,23)24)18(28)25-13-4-3-5-14(9-13)32(2,29)30/h3-10H,1-2H3,(H,25,28). The Morgan fingerprint density at radius 3 is 2.44 bits per heavy atom. The van der Waals surface area contributed by atoms with Gasteiger partial charge in [0.25, 0.3) is 11.8 Å². The van der Waals surface area contributed by atoms with E-state index in [1.807, 2.05) is 0 Å². The molecule has 0 bridgehead atoms. The summed E-state index contributed by atoms with van der Waals surface area (Å²) in [5, 5.41) is 8.71. The second kappa shape index (κ2) is 8.54. The number of anilines is 1. The van der Waals surface area contributed by atoms with Gasteiger partial charge in [0, 0.05) is 18.0 Å². The van der Waals surface area contributed by atoms with E-state index < -0.39 is 44.9 Å². The quantitative estimate of drug-likeness (QED) is 0.557. The highest BCUT2D eigenvalue weighted by molar-refractivity contribution is 7.90. The number of alkyl halides is 3. The van der Waals surface area contributed by atoms with Gasteiger partial charge in [-0.2, -0.15) is 13.2 Å². The minimum absolute atomic E-state index is 0.0104. The number of amides is 1. The third-order valence-electron chi connectivity index (χ3n) is 4.17. The Bertz CT molecular complexity index is 1290. The van der Waals surface area contributed by atoms with Crippen molar-refractivity contribution < 1.29 is 35.5 Å². The van der Waals surface area contributed by atoms with Crippen LogP contribution in [0, 0.1) is 12.7 Å². The lowest BCUT2D eigenvalue weighted by Gasteiger charge is -2.14. The van der Waals surface area contributed by atoms with E-state index in [9.17, 15) is 30.8 Å². The summed E-state index contributed by atoms with van der Waals surface area (Å²) in [4.78, 5) is 12.7. The zero-order chi connectivity index (χ0) is 23.7. The molecular formula is C20H15F4N3O4S. The van der Waals surface area contributed by atoms with Crippen LogP contribution in [-0.4, -0.2) is 30.8 Å². The van der Waals surface area contributed by atoms with Gasteiger partial charge in [0.2, 0.25) is 0 Å². The average molecular weight is 469 g/mol. The number of ether oxygens (including phenoxy) is 1. The molecule has 0 aliphatic carbocycles. The monoisotopic (exact) mass is 469 g/mol. The Morgan fingerprint density at radius 1 is 1.06 bits per heavy atom. The predicted molar refractivity (Wildman–Crippen MR) is 106 cm³/mol. The fourth-order valence-corrected chi connectivity index (χ4v) is 3.21. The van der Waals surface area contributed by atoms with Gasteiger partial charge in [0.1, 0.15) is 17.1 Å². The van der Waals surface area contributed by atoms with Crippen LogP contribution in [-0.2, 0) is 16.0 Å². The highest BCUT2D eigenvalue weighted by Crippen LogP contribution is 2.32. The number of hydrogen-bond donors (Lipinski definition) is 1. The zero-order valence-corrected chi connectivity index (χ0v) is 17.4. The molecule has 3 aromatic rings. The summed E-state index contributed by atoms with van der Waals surface area (Å²) < 4.78 is 81.7. The molecule has 168 valence electrons. The van der Waals surface area contributed by atoms with Crippen LogP contribution < -0.4 is 10.1 Å². The Kier molecular flexibility index (Phi) is 6.17. The molecule has 0 unspecified atom stereocenters. The highest BCUT2D eigenvalue weighted by atomic mass is 32.2. The Hall–Kier alpha value is -3.54. The van der Waals surface area contributed by atoms with Crippen molar-refractivity contribution in [1.82, 2.24) is 10.2 Å². The summed E-state index contributed by atoms with van der Waals surface area (Å²) in [6.45, 7) is 1.56. The number of benzene rings is 2.